The number of nitrogens with one attached hydrogen (secondary N) is 1. The fraction of sp³-hybridized carbons (Fsp3) is 0.560. The summed E-state index contributed by atoms with van der Waals surface area (Å²) in [4.78, 5) is 38.2. The summed E-state index contributed by atoms with van der Waals surface area (Å²) in [5.41, 5.74) is 2.59. The van der Waals surface area contributed by atoms with Crippen molar-refractivity contribution in [1.82, 2.24) is 19.8 Å². The molecule has 1 aromatic heterocycles. The minimum atomic E-state index is -0.175. The van der Waals surface area contributed by atoms with Gasteiger partial charge in [0.1, 0.15) is 11.6 Å². The minimum absolute atomic E-state index is 0.0436. The van der Waals surface area contributed by atoms with E-state index in [1.165, 1.54) is 0 Å². The van der Waals surface area contributed by atoms with Gasteiger partial charge in [0.2, 0.25) is 5.91 Å². The third-order valence-electron chi connectivity index (χ3n) is 6.58. The van der Waals surface area contributed by atoms with Crippen molar-refractivity contribution in [2.45, 2.75) is 71.5 Å². The van der Waals surface area contributed by atoms with Gasteiger partial charge in [-0.25, -0.2) is 4.98 Å². The molecule has 1 fully saturated rings. The van der Waals surface area contributed by atoms with E-state index >= 15 is 0 Å². The molecule has 7 heteroatoms. The van der Waals surface area contributed by atoms with Crippen LogP contribution in [0.5, 0.6) is 5.75 Å². The quantitative estimate of drug-likeness (QED) is 0.749. The molecule has 1 unspecified atom stereocenters. The molecule has 0 aliphatic carbocycles. The molecule has 1 aromatic carbocycles. The molecule has 1 atom stereocenters. The zero-order valence-electron chi connectivity index (χ0n) is 19.4. The number of aromatic amines is 1. The van der Waals surface area contributed by atoms with Crippen LogP contribution in [0.4, 0.5) is 0 Å². The van der Waals surface area contributed by atoms with E-state index < -0.39 is 0 Å². The molecule has 2 aliphatic heterocycles. The van der Waals surface area contributed by atoms with Crippen molar-refractivity contribution < 1.29 is 9.53 Å². The Morgan fingerprint density at radius 3 is 2.72 bits per heavy atom. The largest absolute Gasteiger partial charge is 0.494 e. The van der Waals surface area contributed by atoms with Crippen LogP contribution in [0, 0.1) is 0 Å². The highest BCUT2D eigenvalue weighted by Crippen LogP contribution is 2.30. The van der Waals surface area contributed by atoms with Gasteiger partial charge in [0.15, 0.2) is 0 Å². The Morgan fingerprint density at radius 1 is 1.22 bits per heavy atom. The van der Waals surface area contributed by atoms with E-state index in [0.717, 1.165) is 54.8 Å². The molecule has 1 amide bonds. The molecule has 1 N–H and O–H groups in total. The van der Waals surface area contributed by atoms with Crippen LogP contribution < -0.4 is 10.3 Å². The first kappa shape index (κ1) is 22.5. The van der Waals surface area contributed by atoms with Crippen LogP contribution in [0.3, 0.4) is 0 Å². The van der Waals surface area contributed by atoms with Crippen molar-refractivity contribution in [3.05, 3.63) is 57.3 Å². The van der Waals surface area contributed by atoms with Gasteiger partial charge in [0, 0.05) is 31.2 Å². The lowest BCUT2D eigenvalue weighted by Crippen LogP contribution is -2.43. The van der Waals surface area contributed by atoms with Crippen LogP contribution in [0.2, 0.25) is 0 Å². The maximum Gasteiger partial charge on any atom is 0.254 e. The van der Waals surface area contributed by atoms with Gasteiger partial charge in [-0.15, -0.1) is 0 Å². The number of rotatable bonds is 6. The zero-order chi connectivity index (χ0) is 22.7. The number of piperidine rings is 1. The molecule has 0 saturated carbocycles. The van der Waals surface area contributed by atoms with Crippen LogP contribution in [0.25, 0.3) is 0 Å². The number of amides is 1. The average molecular weight is 439 g/mol. The van der Waals surface area contributed by atoms with Gasteiger partial charge < -0.3 is 14.6 Å². The van der Waals surface area contributed by atoms with Gasteiger partial charge in [-0.2, -0.15) is 0 Å². The van der Waals surface area contributed by atoms with Gasteiger partial charge in [0.05, 0.1) is 24.8 Å². The Bertz CT molecular complexity index is 999. The molecular formula is C25H34N4O3. The third-order valence-corrected chi connectivity index (χ3v) is 6.58. The lowest BCUT2D eigenvalue weighted by atomic mass is 9.99. The van der Waals surface area contributed by atoms with E-state index in [9.17, 15) is 9.59 Å². The predicted molar refractivity (Wildman–Crippen MR) is 124 cm³/mol. The first-order valence-electron chi connectivity index (χ1n) is 11.8. The lowest BCUT2D eigenvalue weighted by molar-refractivity contribution is -0.134. The standard InChI is InChI=1S/C25H34N4O3/c1-4-32-19-10-8-18(9-11-19)15-23(30)29-13-6-5-7-22(29)24-26-21-16-28(17(2)3)14-12-20(21)25(31)27-24/h8-11,17,22H,4-7,12-16H2,1-3H3,(H,26,27,31). The summed E-state index contributed by atoms with van der Waals surface area (Å²) in [5.74, 6) is 1.52. The number of benzene rings is 1. The second-order valence-corrected chi connectivity index (χ2v) is 9.04. The van der Waals surface area contributed by atoms with Gasteiger partial charge in [-0.1, -0.05) is 12.1 Å². The fourth-order valence-corrected chi connectivity index (χ4v) is 4.74. The third kappa shape index (κ3) is 4.88. The first-order valence-corrected chi connectivity index (χ1v) is 11.8. The van der Waals surface area contributed by atoms with Crippen LogP contribution in [0.1, 0.15) is 68.7 Å². The van der Waals surface area contributed by atoms with Crippen molar-refractivity contribution in [2.75, 3.05) is 19.7 Å². The van der Waals surface area contributed by atoms with E-state index in [4.69, 9.17) is 9.72 Å². The van der Waals surface area contributed by atoms with Crippen molar-refractivity contribution in [3.63, 3.8) is 0 Å². The Labute approximate surface area is 189 Å². The number of ether oxygens (including phenoxy) is 1. The normalized spacial score (nSPS) is 19.1. The van der Waals surface area contributed by atoms with E-state index in [-0.39, 0.29) is 17.5 Å². The summed E-state index contributed by atoms with van der Waals surface area (Å²) in [6.45, 7) is 9.17. The van der Waals surface area contributed by atoms with E-state index in [1.807, 2.05) is 36.1 Å². The number of carbonyl (C=O) groups excluding carboxylic acids is 1. The van der Waals surface area contributed by atoms with Crippen LogP contribution in [-0.2, 0) is 24.2 Å². The molecule has 0 radical (unpaired) electrons. The van der Waals surface area contributed by atoms with E-state index in [0.29, 0.717) is 38.0 Å². The molecule has 0 bridgehead atoms. The molecule has 1 saturated heterocycles. The summed E-state index contributed by atoms with van der Waals surface area (Å²) in [7, 11) is 0. The maximum absolute atomic E-state index is 13.2. The molecule has 0 spiro atoms. The smallest absolute Gasteiger partial charge is 0.254 e. The topological polar surface area (TPSA) is 78.5 Å². The molecule has 7 nitrogen and oxygen atoms in total. The number of likely N-dealkylation sites (tertiary alicyclic amines) is 1. The van der Waals surface area contributed by atoms with Crippen molar-refractivity contribution in [3.8, 4) is 5.75 Å². The van der Waals surface area contributed by atoms with Gasteiger partial charge in [0.25, 0.3) is 5.56 Å². The summed E-state index contributed by atoms with van der Waals surface area (Å²) in [6.07, 6.45) is 3.88. The monoisotopic (exact) mass is 438 g/mol. The molecule has 2 aliphatic rings. The highest BCUT2D eigenvalue weighted by atomic mass is 16.5. The van der Waals surface area contributed by atoms with Gasteiger partial charge in [-0.05, 0) is 64.2 Å². The average Bonchev–Trinajstić information content (AvgIpc) is 2.80. The van der Waals surface area contributed by atoms with Crippen molar-refractivity contribution in [1.29, 1.82) is 0 Å². The molecule has 4 rings (SSSR count). The number of nitrogens with zero attached hydrogens (tertiary/aromatic N) is 3. The maximum atomic E-state index is 13.2. The molecule has 2 aromatic rings. The van der Waals surface area contributed by atoms with Crippen LogP contribution >= 0.6 is 0 Å². The number of H-pyrrole nitrogens is 1. The number of hydrogen-bond acceptors (Lipinski definition) is 5. The predicted octanol–water partition coefficient (Wildman–Crippen LogP) is 3.23. The molecule has 172 valence electrons. The van der Waals surface area contributed by atoms with Crippen molar-refractivity contribution >= 4 is 5.91 Å². The molecule has 32 heavy (non-hydrogen) atoms. The second-order valence-electron chi connectivity index (χ2n) is 9.04. The Kier molecular flexibility index (Phi) is 6.94. The summed E-state index contributed by atoms with van der Waals surface area (Å²) in [5, 5.41) is 0. The summed E-state index contributed by atoms with van der Waals surface area (Å²) >= 11 is 0. The number of fused-ring (bicyclic) bond motifs is 1. The highest BCUT2D eigenvalue weighted by Gasteiger charge is 2.31. The Morgan fingerprint density at radius 2 is 2.00 bits per heavy atom. The van der Waals surface area contributed by atoms with Crippen LogP contribution in [0.15, 0.2) is 29.1 Å². The first-order chi connectivity index (χ1) is 15.5. The molecule has 3 heterocycles. The fourth-order valence-electron chi connectivity index (χ4n) is 4.74. The van der Waals surface area contributed by atoms with E-state index in [1.54, 1.807) is 0 Å². The lowest BCUT2D eigenvalue weighted by Gasteiger charge is -2.36. The highest BCUT2D eigenvalue weighted by molar-refractivity contribution is 5.79. The Balaban J connectivity index is 1.54. The summed E-state index contributed by atoms with van der Waals surface area (Å²) in [6, 6.07) is 7.94. The minimum Gasteiger partial charge on any atom is -0.494 e. The zero-order valence-corrected chi connectivity index (χ0v) is 19.4. The van der Waals surface area contributed by atoms with E-state index in [2.05, 4.69) is 23.7 Å². The SMILES string of the molecule is CCOc1ccc(CC(=O)N2CCCCC2c2nc3c(c(=O)[nH]2)CCN(C(C)C)C3)cc1. The molecular weight excluding hydrogens is 404 g/mol. The van der Waals surface area contributed by atoms with Gasteiger partial charge in [-0.3, -0.25) is 14.5 Å². The van der Waals surface area contributed by atoms with Gasteiger partial charge >= 0.3 is 0 Å². The van der Waals surface area contributed by atoms with Crippen molar-refractivity contribution in [2.24, 2.45) is 0 Å². The summed E-state index contributed by atoms with van der Waals surface area (Å²) < 4.78 is 5.50. The second kappa shape index (κ2) is 9.86. The number of aromatic nitrogens is 2. The number of hydrogen-bond donors (Lipinski definition) is 1. The Hall–Kier alpha value is -2.67. The number of carbonyl (C=O) groups is 1. The van der Waals surface area contributed by atoms with Crippen LogP contribution in [-0.4, -0.2) is 51.4 Å².